The monoisotopic (exact) mass is 199 g/mol. The molecule has 2 heterocycles. The Bertz CT molecular complexity index is 445. The topological polar surface area (TPSA) is 47.8 Å². The summed E-state index contributed by atoms with van der Waals surface area (Å²) < 4.78 is 1.90. The highest BCUT2D eigenvalue weighted by Crippen LogP contribution is 2.02. The van der Waals surface area contributed by atoms with E-state index in [0.717, 1.165) is 5.69 Å². The number of nitrogens with zero attached hydrogens (tertiary/aromatic N) is 3. The van der Waals surface area contributed by atoms with Gasteiger partial charge in [0.1, 0.15) is 0 Å². The van der Waals surface area contributed by atoms with Crippen molar-refractivity contribution in [2.75, 3.05) is 0 Å². The highest BCUT2D eigenvalue weighted by atomic mass is 16.1. The van der Waals surface area contributed by atoms with Crippen LogP contribution < -0.4 is 0 Å². The molecule has 0 fully saturated rings. The van der Waals surface area contributed by atoms with Crippen LogP contribution in [0.4, 0.5) is 0 Å². The number of aromatic nitrogens is 3. The fourth-order valence-corrected chi connectivity index (χ4v) is 1.23. The predicted octanol–water partition coefficient (Wildman–Crippen LogP) is 1.22. The van der Waals surface area contributed by atoms with Crippen molar-refractivity contribution in [2.45, 2.75) is 6.54 Å². The summed E-state index contributed by atoms with van der Waals surface area (Å²) >= 11 is 0. The maximum Gasteiger partial charge on any atom is 0.169 e. The minimum absolute atomic E-state index is 0.421. The first-order valence-electron chi connectivity index (χ1n) is 4.46. The number of Topliss-reactive ketones (excluding diaryl/α,β-unsaturated/α-hetero) is 1. The zero-order valence-corrected chi connectivity index (χ0v) is 8.00. The molecule has 2 aromatic heterocycles. The Balaban J connectivity index is 2.14. The van der Waals surface area contributed by atoms with Gasteiger partial charge >= 0.3 is 0 Å². The molecule has 0 saturated heterocycles. The van der Waals surface area contributed by atoms with Crippen molar-refractivity contribution >= 4 is 5.78 Å². The lowest BCUT2D eigenvalue weighted by atomic mass is 10.2. The van der Waals surface area contributed by atoms with Crippen molar-refractivity contribution < 1.29 is 4.79 Å². The van der Waals surface area contributed by atoms with E-state index < -0.39 is 5.78 Å². The summed E-state index contributed by atoms with van der Waals surface area (Å²) in [5.41, 5.74) is 1.28. The number of imidazole rings is 1. The molecule has 4 nitrogen and oxygen atoms in total. The number of carbonyl (C=O) groups is 1. The van der Waals surface area contributed by atoms with Crippen LogP contribution in [0.25, 0.3) is 0 Å². The third kappa shape index (κ3) is 2.28. The summed E-state index contributed by atoms with van der Waals surface area (Å²) in [5.74, 6) is -0.461. The van der Waals surface area contributed by atoms with Crippen LogP contribution in [0.5, 0.6) is 0 Å². The van der Waals surface area contributed by atoms with Gasteiger partial charge in [0.15, 0.2) is 5.78 Å². The highest BCUT2D eigenvalue weighted by molar-refractivity contribution is 5.98. The molecule has 0 aromatic carbocycles. The van der Waals surface area contributed by atoms with E-state index in [-0.39, 0.29) is 0 Å². The van der Waals surface area contributed by atoms with Crippen molar-refractivity contribution in [3.8, 4) is 0 Å². The molecule has 2 aromatic rings. The van der Waals surface area contributed by atoms with Crippen LogP contribution in [0.3, 0.4) is 0 Å². The molecule has 0 saturated carbocycles. The van der Waals surface area contributed by atoms with Gasteiger partial charge in [-0.25, -0.2) is 4.98 Å². The standard InChI is InChI=1S/C11H9N3O/c1-9(15)10-2-3-11(13-6-10)7-14-5-4-12-8-14/h1-6,8H,7H2. The Morgan fingerprint density at radius 2 is 2.33 bits per heavy atom. The molecule has 2 radical (unpaired) electrons. The minimum Gasteiger partial charge on any atom is -0.331 e. The van der Waals surface area contributed by atoms with E-state index >= 15 is 0 Å². The molecule has 74 valence electrons. The third-order valence-electron chi connectivity index (χ3n) is 2.01. The molecule has 0 N–H and O–H groups in total. The van der Waals surface area contributed by atoms with Gasteiger partial charge in [-0.15, -0.1) is 0 Å². The predicted molar refractivity (Wildman–Crippen MR) is 54.2 cm³/mol. The molecule has 0 unspecified atom stereocenters. The summed E-state index contributed by atoms with van der Waals surface area (Å²) in [6.45, 7) is 5.74. The summed E-state index contributed by atoms with van der Waals surface area (Å²) in [6, 6.07) is 3.45. The first kappa shape index (κ1) is 9.58. The average molecular weight is 199 g/mol. The largest absolute Gasteiger partial charge is 0.331 e. The van der Waals surface area contributed by atoms with Crippen LogP contribution >= 0.6 is 0 Å². The quantitative estimate of drug-likeness (QED) is 0.698. The number of carbonyl (C=O) groups excluding carboxylic acids is 1. The average Bonchev–Trinajstić information content (AvgIpc) is 2.71. The molecule has 0 aliphatic heterocycles. The molecule has 0 amide bonds. The first-order valence-corrected chi connectivity index (χ1v) is 4.46. The second-order valence-corrected chi connectivity index (χ2v) is 3.14. The molecular weight excluding hydrogens is 190 g/mol. The zero-order chi connectivity index (χ0) is 10.7. The van der Waals surface area contributed by atoms with Gasteiger partial charge in [0.25, 0.3) is 0 Å². The summed E-state index contributed by atoms with van der Waals surface area (Å²) in [5, 5.41) is 0. The van der Waals surface area contributed by atoms with E-state index in [1.807, 2.05) is 10.8 Å². The highest BCUT2D eigenvalue weighted by Gasteiger charge is 2.00. The van der Waals surface area contributed by atoms with Gasteiger partial charge in [0.2, 0.25) is 0 Å². The van der Waals surface area contributed by atoms with Gasteiger partial charge in [-0.1, -0.05) is 0 Å². The van der Waals surface area contributed by atoms with Crippen molar-refractivity contribution in [1.29, 1.82) is 0 Å². The fraction of sp³-hybridized carbons (Fsp3) is 0.0909. The van der Waals surface area contributed by atoms with Gasteiger partial charge < -0.3 is 4.57 Å². The Hall–Kier alpha value is -1.97. The number of hydrogen-bond donors (Lipinski definition) is 0. The Morgan fingerprint density at radius 1 is 1.47 bits per heavy atom. The molecule has 4 heteroatoms. The number of rotatable bonds is 3. The molecule has 2 rings (SSSR count). The van der Waals surface area contributed by atoms with E-state index in [9.17, 15) is 4.79 Å². The Labute approximate surface area is 87.6 Å². The minimum atomic E-state index is -0.461. The SMILES string of the molecule is [CH]C(=O)c1ccc(Cn2ccnc2)nc1. The lowest BCUT2D eigenvalue weighted by Crippen LogP contribution is -2.01. The van der Waals surface area contributed by atoms with Crippen LogP contribution in [-0.2, 0) is 6.54 Å². The molecule has 15 heavy (non-hydrogen) atoms. The smallest absolute Gasteiger partial charge is 0.169 e. The lowest BCUT2D eigenvalue weighted by molar-refractivity contribution is 0.104. The van der Waals surface area contributed by atoms with E-state index in [1.165, 1.54) is 6.20 Å². The van der Waals surface area contributed by atoms with Crippen molar-refractivity contribution in [3.05, 3.63) is 55.2 Å². The fourth-order valence-electron chi connectivity index (χ4n) is 1.23. The van der Waals surface area contributed by atoms with Crippen LogP contribution in [0, 0.1) is 6.92 Å². The van der Waals surface area contributed by atoms with Crippen LogP contribution in [0.1, 0.15) is 16.1 Å². The van der Waals surface area contributed by atoms with Gasteiger partial charge in [0, 0.05) is 31.1 Å². The first-order chi connectivity index (χ1) is 7.25. The molecule has 0 aliphatic rings. The maximum atomic E-state index is 10.8. The van der Waals surface area contributed by atoms with Crippen molar-refractivity contribution in [1.82, 2.24) is 14.5 Å². The second-order valence-electron chi connectivity index (χ2n) is 3.14. The number of pyridine rings is 1. The van der Waals surface area contributed by atoms with Crippen LogP contribution in [0.15, 0.2) is 37.1 Å². The van der Waals surface area contributed by atoms with Crippen molar-refractivity contribution in [3.63, 3.8) is 0 Å². The summed E-state index contributed by atoms with van der Waals surface area (Å²) in [6.07, 6.45) is 6.75. The third-order valence-corrected chi connectivity index (χ3v) is 2.01. The van der Waals surface area contributed by atoms with Crippen molar-refractivity contribution in [2.24, 2.45) is 0 Å². The molecule has 0 spiro atoms. The van der Waals surface area contributed by atoms with Gasteiger partial charge in [-0.3, -0.25) is 9.78 Å². The lowest BCUT2D eigenvalue weighted by Gasteiger charge is -2.01. The Morgan fingerprint density at radius 3 is 2.87 bits per heavy atom. The normalized spacial score (nSPS) is 10.2. The van der Waals surface area contributed by atoms with Crippen LogP contribution in [0.2, 0.25) is 0 Å². The second kappa shape index (κ2) is 4.04. The zero-order valence-electron chi connectivity index (χ0n) is 8.00. The van der Waals surface area contributed by atoms with E-state index in [1.54, 1.807) is 24.7 Å². The van der Waals surface area contributed by atoms with Gasteiger partial charge in [-0.2, -0.15) is 0 Å². The van der Waals surface area contributed by atoms with Gasteiger partial charge in [0.05, 0.1) is 18.6 Å². The Kier molecular flexibility index (Phi) is 2.58. The number of hydrogen-bond acceptors (Lipinski definition) is 3. The molecule has 0 atom stereocenters. The van der Waals surface area contributed by atoms with Gasteiger partial charge in [-0.05, 0) is 12.1 Å². The summed E-state index contributed by atoms with van der Waals surface area (Å²) in [4.78, 5) is 18.8. The molecule has 0 aliphatic carbocycles. The molecular formula is C11H9N3O. The molecule has 0 bridgehead atoms. The van der Waals surface area contributed by atoms with E-state index in [2.05, 4.69) is 9.97 Å². The van der Waals surface area contributed by atoms with Crippen LogP contribution in [-0.4, -0.2) is 20.3 Å². The maximum absolute atomic E-state index is 10.8. The van der Waals surface area contributed by atoms with E-state index in [0.29, 0.717) is 12.1 Å². The van der Waals surface area contributed by atoms with E-state index in [4.69, 9.17) is 6.92 Å². The number of ketones is 1. The summed E-state index contributed by atoms with van der Waals surface area (Å²) in [7, 11) is 0.